The molecule has 0 aliphatic rings. The minimum atomic E-state index is -0.942. The van der Waals surface area contributed by atoms with Crippen molar-refractivity contribution in [2.45, 2.75) is 20.1 Å². The molecule has 0 aromatic rings. The van der Waals surface area contributed by atoms with E-state index in [1.54, 1.807) is 6.92 Å². The number of hydrogen-bond acceptors (Lipinski definition) is 3. The van der Waals surface area contributed by atoms with Crippen LogP contribution in [-0.2, 0) is 4.79 Å². The third-order valence-electron chi connectivity index (χ3n) is 1.18. The van der Waals surface area contributed by atoms with Gasteiger partial charge in [-0.2, -0.15) is 0 Å². The highest BCUT2D eigenvalue weighted by atomic mass is 16.3. The van der Waals surface area contributed by atoms with Gasteiger partial charge in [-0.25, -0.2) is 0 Å². The van der Waals surface area contributed by atoms with Crippen LogP contribution in [0.3, 0.4) is 0 Å². The van der Waals surface area contributed by atoms with Crippen LogP contribution < -0.4 is 5.32 Å². The van der Waals surface area contributed by atoms with Crippen molar-refractivity contribution in [3.63, 3.8) is 0 Å². The predicted molar refractivity (Wildman–Crippen MR) is 36.1 cm³/mol. The van der Waals surface area contributed by atoms with Crippen molar-refractivity contribution in [3.05, 3.63) is 0 Å². The molecule has 4 nitrogen and oxygen atoms in total. The monoisotopic (exact) mass is 147 g/mol. The van der Waals surface area contributed by atoms with E-state index in [0.29, 0.717) is 0 Å². The van der Waals surface area contributed by atoms with Crippen LogP contribution in [0.5, 0.6) is 0 Å². The highest BCUT2D eigenvalue weighted by Gasteiger charge is 2.12. The summed E-state index contributed by atoms with van der Waals surface area (Å²) in [5.41, 5.74) is 0. The quantitative estimate of drug-likeness (QED) is 0.452. The van der Waals surface area contributed by atoms with Gasteiger partial charge in [-0.05, 0) is 0 Å². The normalized spacial score (nSPS) is 16.0. The molecular formula is C6H13NO3. The van der Waals surface area contributed by atoms with Gasteiger partial charge in [0, 0.05) is 19.4 Å². The summed E-state index contributed by atoms with van der Waals surface area (Å²) in [6.07, 6.45) is -0.942. The lowest BCUT2D eigenvalue weighted by molar-refractivity contribution is -0.123. The standard InChI is InChI=1S/C6H13NO3/c1-4(3-8)6(10)7-5(2)9/h4,6,8,10H,3H2,1-2H3,(H,7,9). The molecule has 0 saturated heterocycles. The fourth-order valence-corrected chi connectivity index (χ4v) is 0.450. The first-order chi connectivity index (χ1) is 4.57. The van der Waals surface area contributed by atoms with E-state index in [1.807, 2.05) is 0 Å². The molecule has 0 rings (SSSR count). The van der Waals surface area contributed by atoms with E-state index in [2.05, 4.69) is 5.32 Å². The number of nitrogens with one attached hydrogen (secondary N) is 1. The van der Waals surface area contributed by atoms with Crippen LogP contribution in [-0.4, -0.2) is 29.0 Å². The third kappa shape index (κ3) is 3.42. The van der Waals surface area contributed by atoms with Crippen LogP contribution in [0.4, 0.5) is 0 Å². The van der Waals surface area contributed by atoms with E-state index in [4.69, 9.17) is 10.2 Å². The summed E-state index contributed by atoms with van der Waals surface area (Å²) in [5, 5.41) is 19.8. The summed E-state index contributed by atoms with van der Waals surface area (Å²) < 4.78 is 0. The Morgan fingerprint density at radius 2 is 2.20 bits per heavy atom. The van der Waals surface area contributed by atoms with Crippen molar-refractivity contribution in [1.82, 2.24) is 5.32 Å². The molecule has 0 aliphatic heterocycles. The van der Waals surface area contributed by atoms with Crippen LogP contribution in [0.15, 0.2) is 0 Å². The minimum absolute atomic E-state index is 0.137. The van der Waals surface area contributed by atoms with Gasteiger partial charge in [-0.15, -0.1) is 0 Å². The Bertz CT molecular complexity index is 116. The van der Waals surface area contributed by atoms with Crippen LogP contribution in [0, 0.1) is 5.92 Å². The summed E-state index contributed by atoms with van der Waals surface area (Å²) in [4.78, 5) is 10.3. The third-order valence-corrected chi connectivity index (χ3v) is 1.18. The van der Waals surface area contributed by atoms with Gasteiger partial charge < -0.3 is 15.5 Å². The van der Waals surface area contributed by atoms with E-state index in [9.17, 15) is 4.79 Å². The Kier molecular flexibility index (Phi) is 3.99. The zero-order chi connectivity index (χ0) is 8.15. The first-order valence-corrected chi connectivity index (χ1v) is 3.14. The van der Waals surface area contributed by atoms with Gasteiger partial charge >= 0.3 is 0 Å². The lowest BCUT2D eigenvalue weighted by atomic mass is 10.2. The molecule has 10 heavy (non-hydrogen) atoms. The van der Waals surface area contributed by atoms with Crippen LogP contribution in [0.25, 0.3) is 0 Å². The van der Waals surface area contributed by atoms with Crippen LogP contribution >= 0.6 is 0 Å². The van der Waals surface area contributed by atoms with E-state index >= 15 is 0 Å². The second-order valence-electron chi connectivity index (χ2n) is 2.31. The average Bonchev–Trinajstić information content (AvgIpc) is 1.85. The summed E-state index contributed by atoms with van der Waals surface area (Å²) in [6, 6.07) is 0. The zero-order valence-electron chi connectivity index (χ0n) is 6.16. The molecule has 1 amide bonds. The molecule has 0 spiro atoms. The Labute approximate surface area is 59.9 Å². The Morgan fingerprint density at radius 3 is 2.50 bits per heavy atom. The Hall–Kier alpha value is -0.610. The number of hydrogen-bond donors (Lipinski definition) is 3. The predicted octanol–water partition coefficient (Wildman–Crippen LogP) is -0.931. The maximum absolute atomic E-state index is 10.3. The zero-order valence-corrected chi connectivity index (χ0v) is 6.16. The maximum Gasteiger partial charge on any atom is 0.218 e. The fraction of sp³-hybridized carbons (Fsp3) is 0.833. The number of rotatable bonds is 3. The highest BCUT2D eigenvalue weighted by Crippen LogP contribution is 1.96. The number of carbonyl (C=O) groups excluding carboxylic acids is 1. The molecular weight excluding hydrogens is 134 g/mol. The Balaban J connectivity index is 3.61. The molecule has 3 N–H and O–H groups in total. The highest BCUT2D eigenvalue weighted by molar-refractivity contribution is 5.72. The van der Waals surface area contributed by atoms with Gasteiger partial charge in [-0.3, -0.25) is 4.79 Å². The van der Waals surface area contributed by atoms with Gasteiger partial charge in [-0.1, -0.05) is 6.92 Å². The van der Waals surface area contributed by atoms with Gasteiger partial charge in [0.15, 0.2) is 0 Å². The molecule has 0 bridgehead atoms. The number of aliphatic hydroxyl groups excluding tert-OH is 2. The molecule has 0 aliphatic carbocycles. The average molecular weight is 147 g/mol. The van der Waals surface area contributed by atoms with Crippen molar-refractivity contribution >= 4 is 5.91 Å². The van der Waals surface area contributed by atoms with Crippen molar-refractivity contribution in [2.24, 2.45) is 5.92 Å². The molecule has 0 saturated carbocycles. The number of aliphatic hydroxyl groups is 2. The molecule has 2 unspecified atom stereocenters. The largest absolute Gasteiger partial charge is 0.396 e. The topological polar surface area (TPSA) is 69.6 Å². The lowest BCUT2D eigenvalue weighted by Crippen LogP contribution is -2.39. The van der Waals surface area contributed by atoms with E-state index < -0.39 is 6.23 Å². The van der Waals surface area contributed by atoms with Gasteiger partial charge in [0.05, 0.1) is 0 Å². The molecule has 0 fully saturated rings. The first kappa shape index (κ1) is 9.39. The molecule has 4 heteroatoms. The van der Waals surface area contributed by atoms with E-state index in [0.717, 1.165) is 0 Å². The molecule has 0 radical (unpaired) electrons. The summed E-state index contributed by atoms with van der Waals surface area (Å²) in [5.74, 6) is -0.614. The van der Waals surface area contributed by atoms with E-state index in [-0.39, 0.29) is 18.4 Å². The van der Waals surface area contributed by atoms with Crippen molar-refractivity contribution < 1.29 is 15.0 Å². The molecule has 0 heterocycles. The minimum Gasteiger partial charge on any atom is -0.396 e. The Morgan fingerprint density at radius 1 is 1.70 bits per heavy atom. The first-order valence-electron chi connectivity index (χ1n) is 3.14. The van der Waals surface area contributed by atoms with Crippen LogP contribution in [0.2, 0.25) is 0 Å². The molecule has 0 aromatic carbocycles. The maximum atomic E-state index is 10.3. The fourth-order valence-electron chi connectivity index (χ4n) is 0.450. The molecule has 60 valence electrons. The molecule has 0 aromatic heterocycles. The van der Waals surface area contributed by atoms with E-state index in [1.165, 1.54) is 6.92 Å². The number of amides is 1. The van der Waals surface area contributed by atoms with Crippen LogP contribution in [0.1, 0.15) is 13.8 Å². The summed E-state index contributed by atoms with van der Waals surface area (Å²) in [7, 11) is 0. The smallest absolute Gasteiger partial charge is 0.218 e. The van der Waals surface area contributed by atoms with Crippen molar-refractivity contribution in [2.75, 3.05) is 6.61 Å². The summed E-state index contributed by atoms with van der Waals surface area (Å²) >= 11 is 0. The number of carbonyl (C=O) groups is 1. The molecule has 2 atom stereocenters. The van der Waals surface area contributed by atoms with Gasteiger partial charge in [0.1, 0.15) is 6.23 Å². The SMILES string of the molecule is CC(=O)NC(O)C(C)CO. The van der Waals surface area contributed by atoms with Gasteiger partial charge in [0.25, 0.3) is 0 Å². The lowest BCUT2D eigenvalue weighted by Gasteiger charge is -2.16. The second kappa shape index (κ2) is 4.24. The van der Waals surface area contributed by atoms with Crippen molar-refractivity contribution in [3.8, 4) is 0 Å². The van der Waals surface area contributed by atoms with Crippen molar-refractivity contribution in [1.29, 1.82) is 0 Å². The summed E-state index contributed by atoms with van der Waals surface area (Å²) in [6.45, 7) is 2.81. The van der Waals surface area contributed by atoms with Gasteiger partial charge in [0.2, 0.25) is 5.91 Å². The second-order valence-corrected chi connectivity index (χ2v) is 2.31.